The summed E-state index contributed by atoms with van der Waals surface area (Å²) < 4.78 is 18.8. The molecule has 0 spiro atoms. The molecule has 0 bridgehead atoms. The maximum atomic E-state index is 13.4. The summed E-state index contributed by atoms with van der Waals surface area (Å²) in [6.45, 7) is 5.30. The molecule has 0 unspecified atom stereocenters. The van der Waals surface area contributed by atoms with Crippen molar-refractivity contribution in [3.63, 3.8) is 0 Å². The molecular weight excluding hydrogens is 489 g/mol. The van der Waals surface area contributed by atoms with Crippen LogP contribution in [-0.4, -0.2) is 22.6 Å². The smallest absolute Gasteiger partial charge is 0.412 e. The van der Waals surface area contributed by atoms with Crippen molar-refractivity contribution >= 4 is 35.1 Å². The summed E-state index contributed by atoms with van der Waals surface area (Å²) >= 11 is 1.50. The highest BCUT2D eigenvalue weighted by Gasteiger charge is 2.18. The zero-order chi connectivity index (χ0) is 26.4. The van der Waals surface area contributed by atoms with Gasteiger partial charge in [-0.15, -0.1) is 0 Å². The van der Waals surface area contributed by atoms with E-state index in [9.17, 15) is 14.0 Å². The third-order valence-electron chi connectivity index (χ3n) is 5.06. The number of nitrogens with zero attached hydrogens (tertiary/aromatic N) is 1. The van der Waals surface area contributed by atoms with Gasteiger partial charge in [0.15, 0.2) is 0 Å². The number of carbonyl (C=O) groups excluding carboxylic acids is 2. The van der Waals surface area contributed by atoms with Gasteiger partial charge in [0.1, 0.15) is 16.4 Å². The Balaban J connectivity index is 1.57. The molecule has 2 N–H and O–H groups in total. The number of aromatic nitrogens is 1. The van der Waals surface area contributed by atoms with Gasteiger partial charge in [0.05, 0.1) is 11.4 Å². The Morgan fingerprint density at radius 3 is 2.19 bits per heavy atom. The number of pyridine rings is 1. The molecule has 6 nitrogen and oxygen atoms in total. The summed E-state index contributed by atoms with van der Waals surface area (Å²) in [7, 11) is 0. The number of nitrogens with one attached hydrogen (secondary N) is 2. The monoisotopic (exact) mass is 515 g/mol. The molecule has 8 heteroatoms. The summed E-state index contributed by atoms with van der Waals surface area (Å²) in [5.74, 6) is -0.692. The summed E-state index contributed by atoms with van der Waals surface area (Å²) in [5, 5.41) is 6.44. The van der Waals surface area contributed by atoms with Crippen LogP contribution >= 0.6 is 11.8 Å². The zero-order valence-electron chi connectivity index (χ0n) is 20.6. The van der Waals surface area contributed by atoms with Crippen LogP contribution in [0.25, 0.3) is 11.1 Å². The van der Waals surface area contributed by atoms with Crippen LogP contribution in [0.5, 0.6) is 0 Å². The minimum Gasteiger partial charge on any atom is -0.444 e. The Kier molecular flexibility index (Phi) is 7.89. The number of carbonyl (C=O) groups is 2. The van der Waals surface area contributed by atoms with Crippen LogP contribution < -0.4 is 10.6 Å². The predicted molar refractivity (Wildman–Crippen MR) is 144 cm³/mol. The maximum absolute atomic E-state index is 13.4. The van der Waals surface area contributed by atoms with Gasteiger partial charge in [0.25, 0.3) is 5.91 Å². The number of amides is 2. The topological polar surface area (TPSA) is 80.3 Å². The first-order chi connectivity index (χ1) is 17.7. The molecule has 37 heavy (non-hydrogen) atoms. The number of hydrogen-bond donors (Lipinski definition) is 2. The van der Waals surface area contributed by atoms with Gasteiger partial charge in [0, 0.05) is 16.7 Å². The van der Waals surface area contributed by atoms with Gasteiger partial charge < -0.3 is 10.1 Å². The predicted octanol–water partition coefficient (Wildman–Crippen LogP) is 7.64. The Morgan fingerprint density at radius 2 is 1.54 bits per heavy atom. The molecule has 1 aromatic heterocycles. The van der Waals surface area contributed by atoms with Gasteiger partial charge in [-0.05, 0) is 92.6 Å². The van der Waals surface area contributed by atoms with E-state index in [1.807, 2.05) is 30.3 Å². The lowest BCUT2D eigenvalue weighted by Gasteiger charge is -2.21. The van der Waals surface area contributed by atoms with E-state index in [-0.39, 0.29) is 11.7 Å². The lowest BCUT2D eigenvalue weighted by atomic mass is 10.0. The van der Waals surface area contributed by atoms with Gasteiger partial charge in [-0.25, -0.2) is 14.2 Å². The minimum atomic E-state index is -0.684. The van der Waals surface area contributed by atoms with E-state index in [0.29, 0.717) is 16.9 Å². The number of benzene rings is 3. The van der Waals surface area contributed by atoms with Crippen molar-refractivity contribution in [3.8, 4) is 11.1 Å². The largest absolute Gasteiger partial charge is 0.444 e. The average Bonchev–Trinajstić information content (AvgIpc) is 2.85. The summed E-state index contributed by atoms with van der Waals surface area (Å²) in [6.07, 6.45) is 1.08. The second-order valence-electron chi connectivity index (χ2n) is 9.14. The van der Waals surface area contributed by atoms with Crippen LogP contribution in [0.2, 0.25) is 0 Å². The molecule has 0 saturated carbocycles. The SMILES string of the molecule is CC(C)(C)OC(=O)Nc1ccc(-c2ccc(F)cc2)cc1NC(=O)c1ccc(Sc2ccccn2)cc1. The highest BCUT2D eigenvalue weighted by Crippen LogP contribution is 2.31. The Morgan fingerprint density at radius 1 is 0.838 bits per heavy atom. The fourth-order valence-corrected chi connectivity index (χ4v) is 4.16. The Bertz CT molecular complexity index is 1390. The number of halogens is 1. The number of rotatable bonds is 6. The fourth-order valence-electron chi connectivity index (χ4n) is 3.39. The van der Waals surface area contributed by atoms with Crippen LogP contribution in [0, 0.1) is 5.82 Å². The van der Waals surface area contributed by atoms with E-state index in [2.05, 4.69) is 15.6 Å². The van der Waals surface area contributed by atoms with Crippen molar-refractivity contribution in [3.05, 3.63) is 103 Å². The van der Waals surface area contributed by atoms with Gasteiger partial charge >= 0.3 is 6.09 Å². The summed E-state index contributed by atoms with van der Waals surface area (Å²) in [6, 6.07) is 24.0. The van der Waals surface area contributed by atoms with Gasteiger partial charge in [-0.3, -0.25) is 10.1 Å². The maximum Gasteiger partial charge on any atom is 0.412 e. The number of anilines is 2. The molecule has 1 heterocycles. The first kappa shape index (κ1) is 25.9. The second-order valence-corrected chi connectivity index (χ2v) is 10.2. The molecule has 3 aromatic carbocycles. The lowest BCUT2D eigenvalue weighted by molar-refractivity contribution is 0.0635. The van der Waals surface area contributed by atoms with Crippen molar-refractivity contribution in [2.75, 3.05) is 10.6 Å². The van der Waals surface area contributed by atoms with Crippen LogP contribution in [0.4, 0.5) is 20.6 Å². The second kappa shape index (κ2) is 11.3. The van der Waals surface area contributed by atoms with Crippen LogP contribution in [0.3, 0.4) is 0 Å². The van der Waals surface area contributed by atoms with E-state index >= 15 is 0 Å². The minimum absolute atomic E-state index is 0.342. The van der Waals surface area contributed by atoms with Crippen molar-refractivity contribution in [2.45, 2.75) is 36.3 Å². The fraction of sp³-hybridized carbons (Fsp3) is 0.138. The van der Waals surface area contributed by atoms with E-state index < -0.39 is 11.7 Å². The molecular formula is C29H26FN3O3S. The quantitative estimate of drug-likeness (QED) is 0.276. The van der Waals surface area contributed by atoms with Crippen LogP contribution in [-0.2, 0) is 4.74 Å². The summed E-state index contributed by atoms with van der Waals surface area (Å²) in [5.41, 5.74) is 2.02. The Hall–Kier alpha value is -4.17. The molecule has 0 aliphatic carbocycles. The van der Waals surface area contributed by atoms with E-state index in [1.54, 1.807) is 69.4 Å². The van der Waals surface area contributed by atoms with E-state index in [1.165, 1.54) is 23.9 Å². The van der Waals surface area contributed by atoms with Crippen molar-refractivity contribution in [1.82, 2.24) is 4.98 Å². The zero-order valence-corrected chi connectivity index (χ0v) is 21.4. The first-order valence-corrected chi connectivity index (χ1v) is 12.4. The van der Waals surface area contributed by atoms with Crippen molar-refractivity contribution in [2.24, 2.45) is 0 Å². The molecule has 4 aromatic rings. The first-order valence-electron chi connectivity index (χ1n) is 11.6. The molecule has 0 atom stereocenters. The molecule has 0 aliphatic heterocycles. The van der Waals surface area contributed by atoms with E-state index in [0.717, 1.165) is 21.0 Å². The number of ether oxygens (including phenoxy) is 1. The highest BCUT2D eigenvalue weighted by atomic mass is 32.2. The molecule has 2 amide bonds. The Labute approximate surface area is 219 Å². The summed E-state index contributed by atoms with van der Waals surface area (Å²) in [4.78, 5) is 30.8. The highest BCUT2D eigenvalue weighted by molar-refractivity contribution is 7.99. The molecule has 4 rings (SSSR count). The van der Waals surface area contributed by atoms with Crippen LogP contribution in [0.15, 0.2) is 101 Å². The van der Waals surface area contributed by atoms with Crippen LogP contribution in [0.1, 0.15) is 31.1 Å². The van der Waals surface area contributed by atoms with Gasteiger partial charge in [0.2, 0.25) is 0 Å². The number of hydrogen-bond acceptors (Lipinski definition) is 5. The molecule has 0 saturated heterocycles. The molecule has 188 valence electrons. The van der Waals surface area contributed by atoms with E-state index in [4.69, 9.17) is 4.74 Å². The average molecular weight is 516 g/mol. The normalized spacial score (nSPS) is 11.0. The third kappa shape index (κ3) is 7.41. The van der Waals surface area contributed by atoms with Crippen molar-refractivity contribution in [1.29, 1.82) is 0 Å². The molecule has 0 fully saturated rings. The lowest BCUT2D eigenvalue weighted by Crippen LogP contribution is -2.27. The van der Waals surface area contributed by atoms with Gasteiger partial charge in [-0.1, -0.05) is 36.0 Å². The molecule has 0 radical (unpaired) electrons. The standard InChI is InChI=1S/C29H26FN3O3S/c1-29(2,3)36-28(35)33-24-16-11-21(19-7-12-22(30)13-8-19)18-25(24)32-27(34)20-9-14-23(15-10-20)37-26-6-4-5-17-31-26/h4-18H,1-3H3,(H,32,34)(H,33,35). The van der Waals surface area contributed by atoms with Crippen molar-refractivity contribution < 1.29 is 18.7 Å². The molecule has 0 aliphatic rings. The third-order valence-corrected chi connectivity index (χ3v) is 6.02. The van der Waals surface area contributed by atoms with Gasteiger partial charge in [-0.2, -0.15) is 0 Å².